The van der Waals surface area contributed by atoms with Crippen molar-refractivity contribution < 1.29 is 18.7 Å². The van der Waals surface area contributed by atoms with E-state index in [1.165, 1.54) is 17.0 Å². The number of ether oxygens (including phenoxy) is 1. The summed E-state index contributed by atoms with van der Waals surface area (Å²) in [5.74, 6) is -0.926. The Balaban J connectivity index is 2.62. The fraction of sp³-hybridized carbons (Fsp3) is 0.474. The van der Waals surface area contributed by atoms with Crippen molar-refractivity contribution in [3.05, 3.63) is 46.9 Å². The molecule has 1 N–H and O–H groups in total. The Morgan fingerprint density at radius 1 is 1.35 bits per heavy atom. The lowest BCUT2D eigenvalue weighted by molar-refractivity contribution is -0.139. The molecule has 1 aliphatic heterocycles. The third kappa shape index (κ3) is 4.22. The monoisotopic (exact) mass is 363 g/mol. The number of carbonyl (C=O) groups is 2. The van der Waals surface area contributed by atoms with E-state index >= 15 is 0 Å². The second-order valence-corrected chi connectivity index (χ2v) is 6.09. The molecule has 0 bridgehead atoms. The van der Waals surface area contributed by atoms with Crippen molar-refractivity contribution >= 4 is 12.0 Å². The third-order valence-electron chi connectivity index (χ3n) is 4.39. The van der Waals surface area contributed by atoms with Crippen LogP contribution in [0.4, 0.5) is 9.18 Å². The Kier molecular flexibility index (Phi) is 6.74. The van der Waals surface area contributed by atoms with Gasteiger partial charge in [-0.05, 0) is 45.1 Å². The van der Waals surface area contributed by atoms with Crippen molar-refractivity contribution in [3.8, 4) is 0 Å². The molecule has 0 fully saturated rings. The molecule has 6 nitrogen and oxygen atoms in total. The zero-order chi connectivity index (χ0) is 19.3. The van der Waals surface area contributed by atoms with Gasteiger partial charge in [-0.25, -0.2) is 14.0 Å². The number of nitrogens with one attached hydrogen (secondary N) is 1. The minimum Gasteiger partial charge on any atom is -0.463 e. The molecule has 1 aliphatic rings. The SMILES string of the molecule is CCOC(=O)C1=C(CN(C)CC)N(CC)C(=O)NC1c1cccc(F)c1. The zero-order valence-corrected chi connectivity index (χ0v) is 15.7. The van der Waals surface area contributed by atoms with Crippen LogP contribution < -0.4 is 5.32 Å². The molecule has 1 atom stereocenters. The number of rotatable bonds is 7. The Labute approximate surface area is 153 Å². The summed E-state index contributed by atoms with van der Waals surface area (Å²) in [6.45, 7) is 7.37. The summed E-state index contributed by atoms with van der Waals surface area (Å²) in [5, 5.41) is 2.81. The Bertz CT molecular complexity index is 705. The first kappa shape index (κ1) is 19.9. The molecule has 1 heterocycles. The maximum absolute atomic E-state index is 13.7. The minimum absolute atomic E-state index is 0.217. The summed E-state index contributed by atoms with van der Waals surface area (Å²) < 4.78 is 19.0. The van der Waals surface area contributed by atoms with Gasteiger partial charge in [0, 0.05) is 18.8 Å². The van der Waals surface area contributed by atoms with Crippen molar-refractivity contribution in [1.82, 2.24) is 15.1 Å². The average molecular weight is 363 g/mol. The first-order chi connectivity index (χ1) is 12.4. The molecule has 142 valence electrons. The smallest absolute Gasteiger partial charge is 0.338 e. The Morgan fingerprint density at radius 3 is 2.65 bits per heavy atom. The lowest BCUT2D eigenvalue weighted by Gasteiger charge is -2.37. The number of amides is 2. The molecule has 0 spiro atoms. The van der Waals surface area contributed by atoms with Crippen LogP contribution in [0.3, 0.4) is 0 Å². The van der Waals surface area contributed by atoms with Crippen molar-refractivity contribution in [3.63, 3.8) is 0 Å². The number of carbonyl (C=O) groups excluding carboxylic acids is 2. The number of urea groups is 1. The van der Waals surface area contributed by atoms with Crippen LogP contribution in [-0.4, -0.2) is 55.1 Å². The molecule has 2 rings (SSSR count). The zero-order valence-electron chi connectivity index (χ0n) is 15.7. The lowest BCUT2D eigenvalue weighted by atomic mass is 9.94. The van der Waals surface area contributed by atoms with Gasteiger partial charge in [-0.15, -0.1) is 0 Å². The predicted octanol–water partition coefficient (Wildman–Crippen LogP) is 2.68. The molecule has 0 saturated carbocycles. The predicted molar refractivity (Wildman–Crippen MR) is 96.9 cm³/mol. The largest absolute Gasteiger partial charge is 0.463 e. The van der Waals surface area contributed by atoms with Crippen LogP contribution in [0.2, 0.25) is 0 Å². The average Bonchev–Trinajstić information content (AvgIpc) is 2.61. The third-order valence-corrected chi connectivity index (χ3v) is 4.39. The van der Waals surface area contributed by atoms with E-state index in [0.717, 1.165) is 6.54 Å². The number of nitrogens with zero attached hydrogens (tertiary/aromatic N) is 2. The molecule has 7 heteroatoms. The van der Waals surface area contributed by atoms with Crippen LogP contribution in [-0.2, 0) is 9.53 Å². The van der Waals surface area contributed by atoms with E-state index in [-0.39, 0.29) is 12.6 Å². The van der Waals surface area contributed by atoms with E-state index in [0.29, 0.717) is 29.9 Å². The first-order valence-corrected chi connectivity index (χ1v) is 8.85. The summed E-state index contributed by atoms with van der Waals surface area (Å²) in [5.41, 5.74) is 1.45. The maximum Gasteiger partial charge on any atom is 0.338 e. The molecular formula is C19H26FN3O3. The highest BCUT2D eigenvalue weighted by Crippen LogP contribution is 2.32. The lowest BCUT2D eigenvalue weighted by Crippen LogP contribution is -2.50. The summed E-state index contributed by atoms with van der Waals surface area (Å²) in [4.78, 5) is 28.9. The molecule has 0 aromatic heterocycles. The molecule has 0 radical (unpaired) electrons. The number of esters is 1. The van der Waals surface area contributed by atoms with Gasteiger partial charge in [0.05, 0.1) is 18.2 Å². The topological polar surface area (TPSA) is 61.9 Å². The Hall–Kier alpha value is -2.41. The molecule has 1 aromatic rings. The van der Waals surface area contributed by atoms with Gasteiger partial charge in [0.25, 0.3) is 0 Å². The fourth-order valence-corrected chi connectivity index (χ4v) is 2.96. The summed E-state index contributed by atoms with van der Waals surface area (Å²) >= 11 is 0. The Morgan fingerprint density at radius 2 is 2.08 bits per heavy atom. The van der Waals surface area contributed by atoms with E-state index in [1.807, 2.05) is 25.8 Å². The van der Waals surface area contributed by atoms with Crippen molar-refractivity contribution in [2.45, 2.75) is 26.8 Å². The van der Waals surface area contributed by atoms with Crippen LogP contribution in [0.15, 0.2) is 35.5 Å². The minimum atomic E-state index is -0.750. The molecule has 2 amide bonds. The van der Waals surface area contributed by atoms with Gasteiger partial charge in [0.15, 0.2) is 0 Å². The standard InChI is InChI=1S/C19H26FN3O3/c1-5-22(4)12-15-16(18(24)26-7-3)17(21-19(25)23(15)6-2)13-9-8-10-14(20)11-13/h8-11,17H,5-7,12H2,1-4H3,(H,21,25). The fourth-order valence-electron chi connectivity index (χ4n) is 2.96. The van der Waals surface area contributed by atoms with Gasteiger partial charge in [-0.1, -0.05) is 19.1 Å². The van der Waals surface area contributed by atoms with Gasteiger partial charge in [-0.3, -0.25) is 4.90 Å². The van der Waals surface area contributed by atoms with E-state index in [9.17, 15) is 14.0 Å². The van der Waals surface area contributed by atoms with Gasteiger partial charge in [-0.2, -0.15) is 0 Å². The highest BCUT2D eigenvalue weighted by Gasteiger charge is 2.37. The van der Waals surface area contributed by atoms with Gasteiger partial charge >= 0.3 is 12.0 Å². The second kappa shape index (κ2) is 8.80. The second-order valence-electron chi connectivity index (χ2n) is 6.09. The van der Waals surface area contributed by atoms with E-state index in [4.69, 9.17) is 4.74 Å². The molecule has 26 heavy (non-hydrogen) atoms. The van der Waals surface area contributed by atoms with Crippen LogP contribution in [0.25, 0.3) is 0 Å². The normalized spacial score (nSPS) is 17.5. The van der Waals surface area contributed by atoms with E-state index in [2.05, 4.69) is 5.32 Å². The summed E-state index contributed by atoms with van der Waals surface area (Å²) in [6.07, 6.45) is 0. The molecule has 0 aliphatic carbocycles. The number of likely N-dealkylation sites (N-methyl/N-ethyl adjacent to an activating group) is 2. The molecule has 0 saturated heterocycles. The van der Waals surface area contributed by atoms with Crippen LogP contribution in [0.1, 0.15) is 32.4 Å². The molecular weight excluding hydrogens is 337 g/mol. The maximum atomic E-state index is 13.7. The first-order valence-electron chi connectivity index (χ1n) is 8.85. The number of hydrogen-bond donors (Lipinski definition) is 1. The van der Waals surface area contributed by atoms with Crippen LogP contribution >= 0.6 is 0 Å². The van der Waals surface area contributed by atoms with Gasteiger partial charge in [0.1, 0.15) is 5.82 Å². The van der Waals surface area contributed by atoms with Crippen molar-refractivity contribution in [2.24, 2.45) is 0 Å². The molecule has 1 unspecified atom stereocenters. The van der Waals surface area contributed by atoms with Gasteiger partial charge < -0.3 is 15.0 Å². The highest BCUT2D eigenvalue weighted by molar-refractivity contribution is 5.95. The number of benzene rings is 1. The molecule has 1 aromatic carbocycles. The summed E-state index contributed by atoms with van der Waals surface area (Å²) in [6, 6.07) is 4.84. The van der Waals surface area contributed by atoms with Crippen LogP contribution in [0.5, 0.6) is 0 Å². The highest BCUT2D eigenvalue weighted by atomic mass is 19.1. The summed E-state index contributed by atoms with van der Waals surface area (Å²) in [7, 11) is 1.91. The van der Waals surface area contributed by atoms with Crippen LogP contribution in [0, 0.1) is 5.82 Å². The van der Waals surface area contributed by atoms with E-state index < -0.39 is 17.8 Å². The van der Waals surface area contributed by atoms with Gasteiger partial charge in [0.2, 0.25) is 0 Å². The number of halogens is 1. The quantitative estimate of drug-likeness (QED) is 0.757. The van der Waals surface area contributed by atoms with Crippen molar-refractivity contribution in [1.29, 1.82) is 0 Å². The van der Waals surface area contributed by atoms with E-state index in [1.54, 1.807) is 19.1 Å². The number of hydrogen-bond acceptors (Lipinski definition) is 4. The van der Waals surface area contributed by atoms with Crippen molar-refractivity contribution in [2.75, 3.05) is 33.3 Å².